The summed E-state index contributed by atoms with van der Waals surface area (Å²) in [5, 5.41) is 6.11. The third-order valence-corrected chi connectivity index (χ3v) is 4.00. The van der Waals surface area contributed by atoms with Gasteiger partial charge in [-0.2, -0.15) is 18.3 Å². The average molecular weight is 375 g/mol. The van der Waals surface area contributed by atoms with E-state index in [1.807, 2.05) is 13.8 Å². The number of piperidine rings is 1. The van der Waals surface area contributed by atoms with Crippen molar-refractivity contribution in [1.82, 2.24) is 5.01 Å². The summed E-state index contributed by atoms with van der Waals surface area (Å²) in [6, 6.07) is 3.91. The number of benzene rings is 1. The van der Waals surface area contributed by atoms with Gasteiger partial charge in [-0.1, -0.05) is 12.6 Å². The van der Waals surface area contributed by atoms with Crippen molar-refractivity contribution in [2.45, 2.75) is 38.8 Å². The minimum Gasteiger partial charge on any atom is -0.269 e. The van der Waals surface area contributed by atoms with Crippen molar-refractivity contribution >= 4 is 20.6 Å². The van der Waals surface area contributed by atoms with Crippen LogP contribution < -0.4 is 0 Å². The lowest BCUT2D eigenvalue weighted by Crippen LogP contribution is -2.28. The monoisotopic (exact) mass is 374 g/mol. The van der Waals surface area contributed by atoms with Gasteiger partial charge in [0.25, 0.3) is 0 Å². The Morgan fingerprint density at radius 2 is 2.09 bits per heavy atom. The van der Waals surface area contributed by atoms with Crippen LogP contribution in [0.3, 0.4) is 0 Å². The van der Waals surface area contributed by atoms with Crippen molar-refractivity contribution in [2.24, 2.45) is 5.10 Å². The molecule has 1 fully saturated rings. The van der Waals surface area contributed by atoms with E-state index in [0.29, 0.717) is 5.56 Å². The highest BCUT2D eigenvalue weighted by Gasteiger charge is 2.33. The molecule has 0 radical (unpaired) electrons. The Balaban J connectivity index is 2.38. The SMILES string of the molecule is C=C1C(c2cc(C(F)(F)F)ccc2C)CCCN1/N=C(\C)Br. The van der Waals surface area contributed by atoms with Gasteiger partial charge in [0, 0.05) is 18.2 Å². The molecule has 2 rings (SSSR count). The molecule has 2 nitrogen and oxygen atoms in total. The van der Waals surface area contributed by atoms with Crippen molar-refractivity contribution in [3.63, 3.8) is 0 Å². The van der Waals surface area contributed by atoms with E-state index < -0.39 is 11.7 Å². The van der Waals surface area contributed by atoms with Crippen LogP contribution >= 0.6 is 15.9 Å². The minimum absolute atomic E-state index is 0.133. The van der Waals surface area contributed by atoms with Gasteiger partial charge in [-0.15, -0.1) is 0 Å². The molecule has 1 aromatic rings. The number of aryl methyl sites for hydroxylation is 1. The Morgan fingerprint density at radius 1 is 1.41 bits per heavy atom. The second-order valence-corrected chi connectivity index (χ2v) is 6.62. The Morgan fingerprint density at radius 3 is 2.68 bits per heavy atom. The van der Waals surface area contributed by atoms with Gasteiger partial charge in [-0.25, -0.2) is 0 Å². The predicted octanol–water partition coefficient (Wildman–Crippen LogP) is 5.44. The molecular weight excluding hydrogens is 357 g/mol. The summed E-state index contributed by atoms with van der Waals surface area (Å²) in [5.74, 6) is -0.133. The molecule has 120 valence electrons. The van der Waals surface area contributed by atoms with Crippen molar-refractivity contribution in [3.05, 3.63) is 47.2 Å². The van der Waals surface area contributed by atoms with Gasteiger partial charge in [0.05, 0.1) is 5.56 Å². The summed E-state index contributed by atoms with van der Waals surface area (Å²) in [5.41, 5.74) is 1.66. The molecule has 6 heteroatoms. The van der Waals surface area contributed by atoms with Gasteiger partial charge >= 0.3 is 6.18 Å². The summed E-state index contributed by atoms with van der Waals surface area (Å²) in [7, 11) is 0. The van der Waals surface area contributed by atoms with E-state index in [-0.39, 0.29) is 5.92 Å². The van der Waals surface area contributed by atoms with Crippen molar-refractivity contribution in [3.8, 4) is 0 Å². The standard InChI is InChI=1S/C16H18BrF3N2/c1-10-6-7-13(16(18,19)20)9-15(10)14-5-4-8-22(11(14)2)21-12(3)17/h6-7,9,14H,2,4-5,8H2,1,3H3/b21-12+. The van der Waals surface area contributed by atoms with E-state index in [0.717, 1.165) is 41.3 Å². The van der Waals surface area contributed by atoms with Crippen molar-refractivity contribution in [2.75, 3.05) is 6.54 Å². The third-order valence-electron chi connectivity index (χ3n) is 3.84. The Bertz CT molecular complexity index is 604. The van der Waals surface area contributed by atoms with E-state index in [2.05, 4.69) is 27.6 Å². The van der Waals surface area contributed by atoms with Gasteiger partial charge in [0.1, 0.15) is 4.62 Å². The Labute approximate surface area is 136 Å². The lowest BCUT2D eigenvalue weighted by molar-refractivity contribution is -0.137. The first-order valence-electron chi connectivity index (χ1n) is 7.05. The molecule has 1 saturated heterocycles. The topological polar surface area (TPSA) is 15.6 Å². The summed E-state index contributed by atoms with van der Waals surface area (Å²) < 4.78 is 39.6. The van der Waals surface area contributed by atoms with Gasteiger partial charge in [0.2, 0.25) is 0 Å². The van der Waals surface area contributed by atoms with Gasteiger partial charge in [0.15, 0.2) is 0 Å². The second kappa shape index (κ2) is 6.44. The molecule has 22 heavy (non-hydrogen) atoms. The average Bonchev–Trinajstić information content (AvgIpc) is 2.40. The van der Waals surface area contributed by atoms with Crippen LogP contribution in [0.25, 0.3) is 0 Å². The fourth-order valence-electron chi connectivity index (χ4n) is 2.74. The molecule has 0 amide bonds. The first-order valence-corrected chi connectivity index (χ1v) is 7.84. The molecule has 0 aromatic heterocycles. The quantitative estimate of drug-likeness (QED) is 0.629. The summed E-state index contributed by atoms with van der Waals surface area (Å²) in [6.07, 6.45) is -2.68. The van der Waals surface area contributed by atoms with E-state index in [1.165, 1.54) is 12.1 Å². The van der Waals surface area contributed by atoms with Crippen LogP contribution in [0.5, 0.6) is 0 Å². The normalized spacial score (nSPS) is 20.5. The van der Waals surface area contributed by atoms with Crippen molar-refractivity contribution in [1.29, 1.82) is 0 Å². The third kappa shape index (κ3) is 3.72. The summed E-state index contributed by atoms with van der Waals surface area (Å²) >= 11 is 3.28. The Hall–Kier alpha value is -1.30. The molecule has 1 aromatic carbocycles. The van der Waals surface area contributed by atoms with Crippen LogP contribution in [0.4, 0.5) is 13.2 Å². The molecular formula is C16H18BrF3N2. The molecule has 1 aliphatic heterocycles. The number of nitrogens with zero attached hydrogens (tertiary/aromatic N) is 2. The highest BCUT2D eigenvalue weighted by molar-refractivity contribution is 9.18. The highest BCUT2D eigenvalue weighted by Crippen LogP contribution is 2.39. The van der Waals surface area contributed by atoms with Crippen LogP contribution in [0.2, 0.25) is 0 Å². The first kappa shape index (κ1) is 17.1. The van der Waals surface area contributed by atoms with E-state index >= 15 is 0 Å². The molecule has 1 heterocycles. The molecule has 0 bridgehead atoms. The molecule has 0 spiro atoms. The second-order valence-electron chi connectivity index (χ2n) is 5.48. The summed E-state index contributed by atoms with van der Waals surface area (Å²) in [6.45, 7) is 8.43. The molecule has 1 unspecified atom stereocenters. The molecule has 0 N–H and O–H groups in total. The fourth-order valence-corrected chi connectivity index (χ4v) is 2.93. The number of allylic oxidation sites excluding steroid dienone is 1. The maximum Gasteiger partial charge on any atom is 0.416 e. The van der Waals surface area contributed by atoms with Crippen LogP contribution in [0.15, 0.2) is 35.6 Å². The first-order chi connectivity index (χ1) is 10.2. The number of hydrogen-bond acceptors (Lipinski definition) is 2. The smallest absolute Gasteiger partial charge is 0.269 e. The predicted molar refractivity (Wildman–Crippen MR) is 86.0 cm³/mol. The molecule has 0 aliphatic carbocycles. The minimum atomic E-state index is -4.33. The fraction of sp³-hybridized carbons (Fsp3) is 0.438. The number of alkyl halides is 3. The zero-order valence-electron chi connectivity index (χ0n) is 12.5. The van der Waals surface area contributed by atoms with Crippen LogP contribution in [-0.4, -0.2) is 16.2 Å². The van der Waals surface area contributed by atoms with Crippen molar-refractivity contribution < 1.29 is 13.2 Å². The molecule has 1 aliphatic rings. The van der Waals surface area contributed by atoms with Gasteiger partial charge in [-0.3, -0.25) is 5.01 Å². The van der Waals surface area contributed by atoms with Crippen LogP contribution in [-0.2, 0) is 6.18 Å². The largest absolute Gasteiger partial charge is 0.416 e. The highest BCUT2D eigenvalue weighted by atomic mass is 79.9. The molecule has 1 atom stereocenters. The number of rotatable bonds is 2. The van der Waals surface area contributed by atoms with Gasteiger partial charge in [-0.05, 0) is 65.9 Å². The zero-order chi connectivity index (χ0) is 16.5. The lowest BCUT2D eigenvalue weighted by Gasteiger charge is -2.34. The van der Waals surface area contributed by atoms with Crippen LogP contribution in [0, 0.1) is 6.92 Å². The molecule has 0 saturated carbocycles. The maximum atomic E-state index is 13.0. The van der Waals surface area contributed by atoms with Gasteiger partial charge < -0.3 is 0 Å². The number of hydrazone groups is 1. The summed E-state index contributed by atoms with van der Waals surface area (Å²) in [4.78, 5) is 0. The maximum absolute atomic E-state index is 13.0. The van der Waals surface area contributed by atoms with E-state index in [4.69, 9.17) is 0 Å². The Kier molecular flexibility index (Phi) is 5.00. The van der Waals surface area contributed by atoms with Crippen LogP contribution in [0.1, 0.15) is 42.4 Å². The number of halogens is 4. The number of hydrogen-bond donors (Lipinski definition) is 0. The van der Waals surface area contributed by atoms with E-state index in [1.54, 1.807) is 5.01 Å². The van der Waals surface area contributed by atoms with E-state index in [9.17, 15) is 13.2 Å². The lowest BCUT2D eigenvalue weighted by atomic mass is 9.85. The zero-order valence-corrected chi connectivity index (χ0v) is 14.1.